The van der Waals surface area contributed by atoms with Gasteiger partial charge in [0, 0.05) is 11.8 Å². The van der Waals surface area contributed by atoms with Crippen LogP contribution >= 0.6 is 12.2 Å². The SMILES string of the molecule is CCOC(=O)c1ccc(NC(=S)NC(=O)C=Cc2cccc3ccccc23)cc1. The molecule has 0 fully saturated rings. The molecule has 0 aliphatic rings. The number of nitrogens with one attached hydrogen (secondary N) is 2. The van der Waals surface area contributed by atoms with Gasteiger partial charge in [0.2, 0.25) is 5.91 Å². The number of rotatable bonds is 5. The van der Waals surface area contributed by atoms with Crippen LogP contribution in [0, 0.1) is 0 Å². The zero-order chi connectivity index (χ0) is 20.6. The zero-order valence-electron chi connectivity index (χ0n) is 15.8. The van der Waals surface area contributed by atoms with Crippen LogP contribution in [-0.2, 0) is 9.53 Å². The third kappa shape index (κ3) is 5.49. The van der Waals surface area contributed by atoms with E-state index in [-0.39, 0.29) is 17.0 Å². The highest BCUT2D eigenvalue weighted by Crippen LogP contribution is 2.19. The van der Waals surface area contributed by atoms with Crippen LogP contribution in [0.3, 0.4) is 0 Å². The van der Waals surface area contributed by atoms with Gasteiger partial charge in [-0.1, -0.05) is 42.5 Å². The Morgan fingerprint density at radius 2 is 1.72 bits per heavy atom. The minimum Gasteiger partial charge on any atom is -0.462 e. The van der Waals surface area contributed by atoms with Crippen molar-refractivity contribution in [2.75, 3.05) is 11.9 Å². The van der Waals surface area contributed by atoms with Crippen molar-refractivity contribution >= 4 is 51.7 Å². The maximum Gasteiger partial charge on any atom is 0.338 e. The van der Waals surface area contributed by atoms with Crippen molar-refractivity contribution in [3.63, 3.8) is 0 Å². The molecule has 2 N–H and O–H groups in total. The predicted octanol–water partition coefficient (Wildman–Crippen LogP) is 4.54. The van der Waals surface area contributed by atoms with Gasteiger partial charge in [0.25, 0.3) is 0 Å². The lowest BCUT2D eigenvalue weighted by Gasteiger charge is -2.09. The molecule has 29 heavy (non-hydrogen) atoms. The maximum atomic E-state index is 12.2. The highest BCUT2D eigenvalue weighted by Gasteiger charge is 2.07. The summed E-state index contributed by atoms with van der Waals surface area (Å²) in [5.74, 6) is -0.716. The molecule has 0 aromatic heterocycles. The second-order valence-corrected chi connectivity index (χ2v) is 6.55. The summed E-state index contributed by atoms with van der Waals surface area (Å²) in [4.78, 5) is 23.8. The molecule has 0 spiro atoms. The molecule has 0 bridgehead atoms. The fourth-order valence-corrected chi connectivity index (χ4v) is 3.00. The van der Waals surface area contributed by atoms with Crippen molar-refractivity contribution in [3.8, 4) is 0 Å². The van der Waals surface area contributed by atoms with Crippen LogP contribution in [0.15, 0.2) is 72.8 Å². The largest absolute Gasteiger partial charge is 0.462 e. The summed E-state index contributed by atoms with van der Waals surface area (Å²) >= 11 is 5.18. The van der Waals surface area contributed by atoms with Crippen molar-refractivity contribution in [3.05, 3.63) is 83.9 Å². The summed E-state index contributed by atoms with van der Waals surface area (Å²) in [5.41, 5.74) is 2.05. The minimum atomic E-state index is -0.381. The van der Waals surface area contributed by atoms with Crippen molar-refractivity contribution in [2.45, 2.75) is 6.92 Å². The van der Waals surface area contributed by atoms with E-state index in [1.54, 1.807) is 37.3 Å². The predicted molar refractivity (Wildman–Crippen MR) is 120 cm³/mol. The van der Waals surface area contributed by atoms with E-state index in [9.17, 15) is 9.59 Å². The summed E-state index contributed by atoms with van der Waals surface area (Å²) in [6.45, 7) is 2.07. The van der Waals surface area contributed by atoms with Gasteiger partial charge < -0.3 is 10.1 Å². The van der Waals surface area contributed by atoms with E-state index in [4.69, 9.17) is 17.0 Å². The summed E-state index contributed by atoms with van der Waals surface area (Å²) in [6.07, 6.45) is 3.20. The van der Waals surface area contributed by atoms with Crippen LogP contribution in [-0.4, -0.2) is 23.6 Å². The number of thiocarbonyl (C=S) groups is 1. The van der Waals surface area contributed by atoms with Crippen LogP contribution in [0.2, 0.25) is 0 Å². The van der Waals surface area contributed by atoms with Crippen LogP contribution in [0.1, 0.15) is 22.8 Å². The molecule has 0 saturated carbocycles. The second-order valence-electron chi connectivity index (χ2n) is 6.14. The second kappa shape index (κ2) is 9.61. The Labute approximate surface area is 174 Å². The van der Waals surface area contributed by atoms with E-state index in [1.165, 1.54) is 6.08 Å². The summed E-state index contributed by atoms with van der Waals surface area (Å²) in [6, 6.07) is 20.6. The van der Waals surface area contributed by atoms with Gasteiger partial charge in [-0.25, -0.2) is 4.79 Å². The van der Waals surface area contributed by atoms with Gasteiger partial charge in [0.1, 0.15) is 0 Å². The fourth-order valence-electron chi connectivity index (χ4n) is 2.78. The molecule has 146 valence electrons. The van der Waals surface area contributed by atoms with E-state index in [0.29, 0.717) is 17.9 Å². The smallest absolute Gasteiger partial charge is 0.338 e. The molecule has 1 amide bonds. The average molecular weight is 404 g/mol. The maximum absolute atomic E-state index is 12.2. The minimum absolute atomic E-state index is 0.168. The van der Waals surface area contributed by atoms with Crippen LogP contribution in [0.4, 0.5) is 5.69 Å². The number of carbonyl (C=O) groups is 2. The van der Waals surface area contributed by atoms with E-state index in [1.807, 2.05) is 42.5 Å². The molecular weight excluding hydrogens is 384 g/mol. The lowest BCUT2D eigenvalue weighted by Crippen LogP contribution is -2.32. The lowest BCUT2D eigenvalue weighted by molar-refractivity contribution is -0.115. The van der Waals surface area contributed by atoms with Crippen LogP contribution in [0.5, 0.6) is 0 Å². The number of anilines is 1. The zero-order valence-corrected chi connectivity index (χ0v) is 16.7. The number of carbonyl (C=O) groups excluding carboxylic acids is 2. The van der Waals surface area contributed by atoms with Crippen molar-refractivity contribution < 1.29 is 14.3 Å². The van der Waals surface area contributed by atoms with Gasteiger partial charge in [-0.2, -0.15) is 0 Å². The Morgan fingerprint density at radius 3 is 2.48 bits per heavy atom. The van der Waals surface area contributed by atoms with Gasteiger partial charge in [-0.3, -0.25) is 10.1 Å². The van der Waals surface area contributed by atoms with E-state index in [0.717, 1.165) is 16.3 Å². The Balaban J connectivity index is 1.58. The normalized spacial score (nSPS) is 10.7. The highest BCUT2D eigenvalue weighted by atomic mass is 32.1. The molecule has 0 aliphatic heterocycles. The summed E-state index contributed by atoms with van der Waals surface area (Å²) < 4.78 is 4.94. The van der Waals surface area contributed by atoms with E-state index >= 15 is 0 Å². The Morgan fingerprint density at radius 1 is 1.00 bits per heavy atom. The quantitative estimate of drug-likeness (QED) is 0.371. The summed E-state index contributed by atoms with van der Waals surface area (Å²) in [7, 11) is 0. The number of fused-ring (bicyclic) bond motifs is 1. The molecule has 0 heterocycles. The number of hydrogen-bond acceptors (Lipinski definition) is 4. The standard InChI is InChI=1S/C23H20N2O3S/c1-2-28-22(27)18-10-13-19(14-11-18)24-23(29)25-21(26)15-12-17-8-5-7-16-6-3-4-9-20(16)17/h3-15H,2H2,1H3,(H2,24,25,26,29). The van der Waals surface area contributed by atoms with Crippen molar-refractivity contribution in [1.29, 1.82) is 0 Å². The third-order valence-corrected chi connectivity index (χ3v) is 4.33. The molecule has 6 heteroatoms. The number of benzene rings is 3. The molecule has 0 aliphatic carbocycles. The van der Waals surface area contributed by atoms with Gasteiger partial charge in [-0.05, 0) is 65.8 Å². The molecule has 0 atom stereocenters. The number of esters is 1. The topological polar surface area (TPSA) is 67.4 Å². The Kier molecular flexibility index (Phi) is 6.71. The number of hydrogen-bond donors (Lipinski definition) is 2. The van der Waals surface area contributed by atoms with Crippen LogP contribution in [0.25, 0.3) is 16.8 Å². The number of ether oxygens (including phenoxy) is 1. The third-order valence-electron chi connectivity index (χ3n) is 4.13. The molecule has 0 radical (unpaired) electrons. The summed E-state index contributed by atoms with van der Waals surface area (Å²) in [5, 5.41) is 7.87. The molecule has 5 nitrogen and oxygen atoms in total. The molecule has 0 saturated heterocycles. The first-order valence-electron chi connectivity index (χ1n) is 9.12. The van der Waals surface area contributed by atoms with Gasteiger partial charge in [0.15, 0.2) is 5.11 Å². The van der Waals surface area contributed by atoms with Crippen molar-refractivity contribution in [2.24, 2.45) is 0 Å². The van der Waals surface area contributed by atoms with Gasteiger partial charge >= 0.3 is 5.97 Å². The molecule has 3 aromatic carbocycles. The molecular formula is C23H20N2O3S. The first-order valence-corrected chi connectivity index (χ1v) is 9.52. The lowest BCUT2D eigenvalue weighted by atomic mass is 10.0. The highest BCUT2D eigenvalue weighted by molar-refractivity contribution is 7.80. The first-order chi connectivity index (χ1) is 14.1. The molecule has 3 rings (SSSR count). The fraction of sp³-hybridized carbons (Fsp3) is 0.0870. The molecule has 3 aromatic rings. The number of amides is 1. The Bertz CT molecular complexity index is 1070. The van der Waals surface area contributed by atoms with E-state index < -0.39 is 0 Å². The van der Waals surface area contributed by atoms with Gasteiger partial charge in [0.05, 0.1) is 12.2 Å². The van der Waals surface area contributed by atoms with E-state index in [2.05, 4.69) is 10.6 Å². The van der Waals surface area contributed by atoms with Crippen LogP contribution < -0.4 is 10.6 Å². The Hall–Kier alpha value is -3.51. The van der Waals surface area contributed by atoms with Gasteiger partial charge in [-0.15, -0.1) is 0 Å². The molecule has 0 unspecified atom stereocenters. The first kappa shape index (κ1) is 20.2. The van der Waals surface area contributed by atoms with Crippen molar-refractivity contribution in [1.82, 2.24) is 5.32 Å². The average Bonchev–Trinajstić information content (AvgIpc) is 2.73. The monoisotopic (exact) mass is 404 g/mol.